The molecule has 158 valence electrons. The van der Waals surface area contributed by atoms with Crippen molar-refractivity contribution in [2.75, 3.05) is 39.3 Å². The second-order valence-electron chi connectivity index (χ2n) is 9.72. The summed E-state index contributed by atoms with van der Waals surface area (Å²) in [7, 11) is 0. The number of aliphatic hydroxyl groups excluding tert-OH is 1. The third-order valence-electron chi connectivity index (χ3n) is 6.95. The standard InChI is InChI=1S/C24H40N2O2/c1-19(2)23-10-9-20(3)15-24(23)28-18-22(27)17-26-13-11-25(12-14-26)16-21-7-5-4-6-8-21/h4-8,19-20,22-24,27H,9-18H2,1-3H3/p+2/t20-,22+,23-,24+/m0/s1. The Labute approximate surface area is 171 Å². The predicted octanol–water partition coefficient (Wildman–Crippen LogP) is 0.808. The largest absolute Gasteiger partial charge is 0.385 e. The van der Waals surface area contributed by atoms with E-state index >= 15 is 0 Å². The van der Waals surface area contributed by atoms with E-state index < -0.39 is 0 Å². The summed E-state index contributed by atoms with van der Waals surface area (Å²) in [5, 5.41) is 10.6. The van der Waals surface area contributed by atoms with Crippen LogP contribution < -0.4 is 9.80 Å². The number of benzene rings is 1. The van der Waals surface area contributed by atoms with E-state index in [4.69, 9.17) is 4.74 Å². The molecular formula is C24H42N2O2+2. The monoisotopic (exact) mass is 390 g/mol. The first-order chi connectivity index (χ1) is 13.5. The second kappa shape index (κ2) is 10.7. The summed E-state index contributed by atoms with van der Waals surface area (Å²) < 4.78 is 6.26. The van der Waals surface area contributed by atoms with E-state index in [0.29, 0.717) is 24.5 Å². The summed E-state index contributed by atoms with van der Waals surface area (Å²) in [5.41, 5.74) is 1.43. The average molecular weight is 391 g/mol. The van der Waals surface area contributed by atoms with Crippen molar-refractivity contribution in [2.24, 2.45) is 17.8 Å². The lowest BCUT2D eigenvalue weighted by molar-refractivity contribution is -1.02. The molecule has 28 heavy (non-hydrogen) atoms. The van der Waals surface area contributed by atoms with Crippen LogP contribution in [0.1, 0.15) is 45.6 Å². The quantitative estimate of drug-likeness (QED) is 0.615. The first-order valence-corrected chi connectivity index (χ1v) is 11.5. The molecule has 1 aromatic rings. The third kappa shape index (κ3) is 6.55. The lowest BCUT2D eigenvalue weighted by Gasteiger charge is -2.37. The minimum atomic E-state index is -0.337. The van der Waals surface area contributed by atoms with Gasteiger partial charge in [-0.3, -0.25) is 0 Å². The number of aliphatic hydroxyl groups is 1. The van der Waals surface area contributed by atoms with Gasteiger partial charge in [0.15, 0.2) is 0 Å². The molecule has 0 amide bonds. The smallest absolute Gasteiger partial charge is 0.127 e. The van der Waals surface area contributed by atoms with Gasteiger partial charge < -0.3 is 19.6 Å². The van der Waals surface area contributed by atoms with Gasteiger partial charge in [-0.05, 0) is 30.6 Å². The zero-order chi connectivity index (χ0) is 19.9. The van der Waals surface area contributed by atoms with Crippen molar-refractivity contribution < 1.29 is 19.6 Å². The van der Waals surface area contributed by atoms with Gasteiger partial charge in [-0.1, -0.05) is 57.5 Å². The normalized spacial score (nSPS) is 32.4. The van der Waals surface area contributed by atoms with Gasteiger partial charge in [0.05, 0.1) is 12.7 Å². The molecule has 1 aromatic carbocycles. The summed E-state index contributed by atoms with van der Waals surface area (Å²) in [5.74, 6) is 2.07. The number of ether oxygens (including phenoxy) is 1. The highest BCUT2D eigenvalue weighted by Crippen LogP contribution is 2.35. The van der Waals surface area contributed by atoms with Crippen molar-refractivity contribution in [2.45, 2.75) is 58.8 Å². The summed E-state index contributed by atoms with van der Waals surface area (Å²) in [6, 6.07) is 10.8. The van der Waals surface area contributed by atoms with Crippen LogP contribution in [0.15, 0.2) is 30.3 Å². The summed E-state index contributed by atoms with van der Waals surface area (Å²) >= 11 is 0. The van der Waals surface area contributed by atoms with Crippen LogP contribution in [0, 0.1) is 17.8 Å². The van der Waals surface area contributed by atoms with Crippen molar-refractivity contribution in [3.8, 4) is 0 Å². The fourth-order valence-electron chi connectivity index (χ4n) is 5.16. The molecule has 3 rings (SSSR count). The maximum atomic E-state index is 10.6. The SMILES string of the molecule is CC(C)[C@@H]1CC[C@H](C)C[C@H]1OC[C@H](O)C[NH+]1CC[NH+](Cc2ccccc2)CC1. The van der Waals surface area contributed by atoms with Gasteiger partial charge in [-0.15, -0.1) is 0 Å². The highest BCUT2D eigenvalue weighted by atomic mass is 16.5. The first-order valence-electron chi connectivity index (χ1n) is 11.5. The molecule has 3 N–H and O–H groups in total. The molecule has 2 aliphatic rings. The number of rotatable bonds is 8. The Morgan fingerprint density at radius 3 is 2.39 bits per heavy atom. The Bertz CT molecular complexity index is 557. The molecule has 1 saturated carbocycles. The van der Waals surface area contributed by atoms with Gasteiger partial charge in [0.1, 0.15) is 45.4 Å². The molecule has 4 heteroatoms. The van der Waals surface area contributed by atoms with Crippen LogP contribution in [-0.2, 0) is 11.3 Å². The lowest BCUT2D eigenvalue weighted by atomic mass is 9.75. The molecule has 0 aromatic heterocycles. The Hall–Kier alpha value is -0.940. The van der Waals surface area contributed by atoms with Crippen LogP contribution in [0.5, 0.6) is 0 Å². The van der Waals surface area contributed by atoms with E-state index in [0.717, 1.165) is 38.5 Å². The van der Waals surface area contributed by atoms with Crippen LogP contribution in [0.3, 0.4) is 0 Å². The Morgan fingerprint density at radius 2 is 1.71 bits per heavy atom. The van der Waals surface area contributed by atoms with Gasteiger partial charge in [-0.2, -0.15) is 0 Å². The van der Waals surface area contributed by atoms with Crippen LogP contribution in [0.2, 0.25) is 0 Å². The summed E-state index contributed by atoms with van der Waals surface area (Å²) in [4.78, 5) is 3.20. The zero-order valence-electron chi connectivity index (χ0n) is 18.2. The molecule has 1 saturated heterocycles. The Kier molecular flexibility index (Phi) is 8.34. The second-order valence-corrected chi connectivity index (χ2v) is 9.72. The van der Waals surface area contributed by atoms with Gasteiger partial charge in [0.25, 0.3) is 0 Å². The molecule has 4 nitrogen and oxygen atoms in total. The van der Waals surface area contributed by atoms with Crippen LogP contribution >= 0.6 is 0 Å². The molecule has 0 spiro atoms. The molecule has 1 aliphatic heterocycles. The van der Waals surface area contributed by atoms with Gasteiger partial charge in [-0.25, -0.2) is 0 Å². The summed E-state index contributed by atoms with van der Waals surface area (Å²) in [6.45, 7) is 14.1. The fraction of sp³-hybridized carbons (Fsp3) is 0.750. The zero-order valence-corrected chi connectivity index (χ0v) is 18.2. The highest BCUT2D eigenvalue weighted by Gasteiger charge is 2.32. The molecule has 0 bridgehead atoms. The minimum Gasteiger partial charge on any atom is -0.385 e. The highest BCUT2D eigenvalue weighted by molar-refractivity contribution is 5.13. The van der Waals surface area contributed by atoms with Crippen molar-refractivity contribution in [3.63, 3.8) is 0 Å². The van der Waals surface area contributed by atoms with Gasteiger partial charge in [0.2, 0.25) is 0 Å². The topological polar surface area (TPSA) is 38.3 Å². The van der Waals surface area contributed by atoms with Crippen molar-refractivity contribution >= 4 is 0 Å². The fourth-order valence-corrected chi connectivity index (χ4v) is 5.16. The van der Waals surface area contributed by atoms with Crippen LogP contribution in [0.4, 0.5) is 0 Å². The molecule has 0 radical (unpaired) electrons. The molecular weight excluding hydrogens is 348 g/mol. The van der Waals surface area contributed by atoms with E-state index in [9.17, 15) is 5.11 Å². The van der Waals surface area contributed by atoms with Gasteiger partial charge >= 0.3 is 0 Å². The van der Waals surface area contributed by atoms with Crippen molar-refractivity contribution in [1.29, 1.82) is 0 Å². The van der Waals surface area contributed by atoms with Gasteiger partial charge in [0, 0.05) is 5.56 Å². The van der Waals surface area contributed by atoms with Crippen LogP contribution in [0.25, 0.3) is 0 Å². The van der Waals surface area contributed by atoms with E-state index in [1.807, 2.05) is 0 Å². The predicted molar refractivity (Wildman–Crippen MR) is 113 cm³/mol. The number of nitrogens with one attached hydrogen (secondary N) is 2. The summed E-state index contributed by atoms with van der Waals surface area (Å²) in [6.07, 6.45) is 3.75. The Balaban J connectivity index is 1.36. The minimum absolute atomic E-state index is 0.334. The average Bonchev–Trinajstić information content (AvgIpc) is 2.68. The van der Waals surface area contributed by atoms with E-state index in [-0.39, 0.29) is 6.10 Å². The number of quaternary nitrogens is 2. The Morgan fingerprint density at radius 1 is 1.04 bits per heavy atom. The van der Waals surface area contributed by atoms with E-state index in [1.54, 1.807) is 4.90 Å². The van der Waals surface area contributed by atoms with Crippen molar-refractivity contribution in [1.82, 2.24) is 0 Å². The molecule has 4 atom stereocenters. The maximum Gasteiger partial charge on any atom is 0.127 e. The lowest BCUT2D eigenvalue weighted by Crippen LogP contribution is -3.28. The molecule has 1 heterocycles. The maximum absolute atomic E-state index is 10.6. The molecule has 0 unspecified atom stereocenters. The number of piperazine rings is 1. The van der Waals surface area contributed by atoms with Crippen LogP contribution in [-0.4, -0.2) is 56.6 Å². The number of hydrogen-bond donors (Lipinski definition) is 3. The molecule has 2 fully saturated rings. The van der Waals surface area contributed by atoms with E-state index in [1.165, 1.54) is 36.4 Å². The molecule has 1 aliphatic carbocycles. The first kappa shape index (κ1) is 21.8. The van der Waals surface area contributed by atoms with E-state index in [2.05, 4.69) is 51.1 Å². The third-order valence-corrected chi connectivity index (χ3v) is 6.95. The van der Waals surface area contributed by atoms with Crippen molar-refractivity contribution in [3.05, 3.63) is 35.9 Å². The number of hydrogen-bond acceptors (Lipinski definition) is 2.